The molecule has 0 aromatic heterocycles. The average Bonchev–Trinajstić information content (AvgIpc) is 2.73. The fourth-order valence-electron chi connectivity index (χ4n) is 2.98. The van der Waals surface area contributed by atoms with E-state index in [1.807, 2.05) is 0 Å². The Morgan fingerprint density at radius 3 is 1.62 bits per heavy atom. The quantitative estimate of drug-likeness (QED) is 0.161. The van der Waals surface area contributed by atoms with E-state index in [0.29, 0.717) is 6.42 Å². The van der Waals surface area contributed by atoms with E-state index >= 15 is 0 Å². The highest BCUT2D eigenvalue weighted by Gasteiger charge is 1.99. The molecule has 0 bridgehead atoms. The zero-order valence-electron chi connectivity index (χ0n) is 19.3. The van der Waals surface area contributed by atoms with Crippen molar-refractivity contribution in [1.82, 2.24) is 5.32 Å². The first-order valence-corrected chi connectivity index (χ1v) is 12.2. The Labute approximate surface area is 181 Å². The topological polar surface area (TPSA) is 29.1 Å². The molecule has 0 atom stereocenters. The summed E-state index contributed by atoms with van der Waals surface area (Å²) in [7, 11) is 0. The van der Waals surface area contributed by atoms with Crippen LogP contribution in [0.1, 0.15) is 110 Å². The monoisotopic (exact) mass is 401 g/mol. The third kappa shape index (κ3) is 24.4. The number of carbonyl (C=O) groups is 1. The van der Waals surface area contributed by atoms with E-state index in [1.165, 1.54) is 44.9 Å². The Kier molecular flexibility index (Phi) is 23.1. The van der Waals surface area contributed by atoms with Gasteiger partial charge in [-0.15, -0.1) is 0 Å². The van der Waals surface area contributed by atoms with Crippen LogP contribution in [0.3, 0.4) is 0 Å². The van der Waals surface area contributed by atoms with Crippen molar-refractivity contribution in [2.75, 3.05) is 6.54 Å². The SMILES string of the molecule is CCCCC/C=C\C/C=C\C/C=C\C/C=C\CCCCCC(=O)NCCCCC. The highest BCUT2D eigenvalue weighted by atomic mass is 16.1. The van der Waals surface area contributed by atoms with Crippen LogP contribution in [0.4, 0.5) is 0 Å². The molecular formula is C27H47NO. The lowest BCUT2D eigenvalue weighted by atomic mass is 10.1. The summed E-state index contributed by atoms with van der Waals surface area (Å²) in [6.07, 6.45) is 35.0. The smallest absolute Gasteiger partial charge is 0.219 e. The van der Waals surface area contributed by atoms with E-state index in [1.54, 1.807) is 0 Å². The van der Waals surface area contributed by atoms with Gasteiger partial charge in [-0.25, -0.2) is 0 Å². The van der Waals surface area contributed by atoms with Crippen LogP contribution < -0.4 is 5.32 Å². The van der Waals surface area contributed by atoms with Crippen LogP contribution in [0, 0.1) is 0 Å². The van der Waals surface area contributed by atoms with E-state index < -0.39 is 0 Å². The van der Waals surface area contributed by atoms with Gasteiger partial charge in [-0.05, 0) is 57.8 Å². The van der Waals surface area contributed by atoms with Gasteiger partial charge in [0.2, 0.25) is 5.91 Å². The van der Waals surface area contributed by atoms with Crippen LogP contribution in [0.15, 0.2) is 48.6 Å². The predicted octanol–water partition coefficient (Wildman–Crippen LogP) is 8.22. The van der Waals surface area contributed by atoms with Gasteiger partial charge < -0.3 is 5.32 Å². The molecule has 0 saturated carbocycles. The molecule has 0 aliphatic carbocycles. The van der Waals surface area contributed by atoms with Gasteiger partial charge in [-0.2, -0.15) is 0 Å². The molecule has 0 saturated heterocycles. The summed E-state index contributed by atoms with van der Waals surface area (Å²) < 4.78 is 0. The average molecular weight is 402 g/mol. The second-order valence-electron chi connectivity index (χ2n) is 7.74. The lowest BCUT2D eigenvalue weighted by Crippen LogP contribution is -2.23. The Morgan fingerprint density at radius 1 is 0.586 bits per heavy atom. The summed E-state index contributed by atoms with van der Waals surface area (Å²) in [6.45, 7) is 5.27. The van der Waals surface area contributed by atoms with Gasteiger partial charge in [-0.3, -0.25) is 4.79 Å². The molecule has 0 fully saturated rings. The van der Waals surface area contributed by atoms with Crippen molar-refractivity contribution < 1.29 is 4.79 Å². The molecule has 0 aliphatic rings. The third-order valence-corrected chi connectivity index (χ3v) is 4.83. The van der Waals surface area contributed by atoms with Gasteiger partial charge in [0, 0.05) is 13.0 Å². The maximum absolute atomic E-state index is 11.6. The molecule has 0 spiro atoms. The largest absolute Gasteiger partial charge is 0.356 e. The van der Waals surface area contributed by atoms with Gasteiger partial charge in [0.1, 0.15) is 0 Å². The molecule has 0 rings (SSSR count). The van der Waals surface area contributed by atoms with Crippen LogP contribution in [0.5, 0.6) is 0 Å². The first kappa shape index (κ1) is 27.4. The molecule has 2 heteroatoms. The molecule has 29 heavy (non-hydrogen) atoms. The van der Waals surface area contributed by atoms with Crippen molar-refractivity contribution in [2.45, 2.75) is 110 Å². The Bertz CT molecular complexity index is 459. The minimum absolute atomic E-state index is 0.221. The van der Waals surface area contributed by atoms with Gasteiger partial charge in [-0.1, -0.05) is 94.6 Å². The third-order valence-electron chi connectivity index (χ3n) is 4.83. The molecule has 0 aromatic carbocycles. The number of unbranched alkanes of at least 4 members (excludes halogenated alkanes) is 8. The van der Waals surface area contributed by atoms with E-state index in [0.717, 1.165) is 51.5 Å². The summed E-state index contributed by atoms with van der Waals surface area (Å²) in [5.74, 6) is 0.221. The number of nitrogens with one attached hydrogen (secondary N) is 1. The minimum atomic E-state index is 0.221. The second kappa shape index (κ2) is 24.5. The van der Waals surface area contributed by atoms with Crippen LogP contribution in [0.25, 0.3) is 0 Å². The highest BCUT2D eigenvalue weighted by Crippen LogP contribution is 2.05. The highest BCUT2D eigenvalue weighted by molar-refractivity contribution is 5.75. The maximum Gasteiger partial charge on any atom is 0.219 e. The first-order chi connectivity index (χ1) is 14.3. The number of amides is 1. The van der Waals surface area contributed by atoms with Crippen LogP contribution in [0.2, 0.25) is 0 Å². The number of rotatable bonds is 20. The van der Waals surface area contributed by atoms with Crippen LogP contribution >= 0.6 is 0 Å². The zero-order valence-corrected chi connectivity index (χ0v) is 19.3. The summed E-state index contributed by atoms with van der Waals surface area (Å²) in [4.78, 5) is 11.6. The first-order valence-electron chi connectivity index (χ1n) is 12.2. The number of allylic oxidation sites excluding steroid dienone is 8. The Balaban J connectivity index is 3.40. The van der Waals surface area contributed by atoms with E-state index in [9.17, 15) is 4.79 Å². The second-order valence-corrected chi connectivity index (χ2v) is 7.74. The standard InChI is InChI=1S/C27H47NO/c1-3-5-7-8-9-10-11-12-13-14-15-16-17-18-19-20-21-22-23-25-27(29)28-26-24-6-4-2/h9-10,12-13,15-16,18-19H,3-8,11,14,17,20-26H2,1-2H3,(H,28,29)/b10-9-,13-12-,16-15-,19-18-. The van der Waals surface area contributed by atoms with Gasteiger partial charge >= 0.3 is 0 Å². The van der Waals surface area contributed by atoms with Crippen molar-refractivity contribution in [1.29, 1.82) is 0 Å². The lowest BCUT2D eigenvalue weighted by Gasteiger charge is -2.04. The summed E-state index contributed by atoms with van der Waals surface area (Å²) in [6, 6.07) is 0. The molecule has 0 heterocycles. The molecule has 0 aliphatic heterocycles. The summed E-state index contributed by atoms with van der Waals surface area (Å²) in [5.41, 5.74) is 0. The van der Waals surface area contributed by atoms with Gasteiger partial charge in [0.15, 0.2) is 0 Å². The molecule has 166 valence electrons. The maximum atomic E-state index is 11.6. The van der Waals surface area contributed by atoms with Crippen LogP contribution in [-0.2, 0) is 4.79 Å². The van der Waals surface area contributed by atoms with Crippen molar-refractivity contribution in [3.05, 3.63) is 48.6 Å². The molecule has 2 nitrogen and oxygen atoms in total. The number of hydrogen-bond acceptors (Lipinski definition) is 1. The summed E-state index contributed by atoms with van der Waals surface area (Å²) >= 11 is 0. The van der Waals surface area contributed by atoms with E-state index in [2.05, 4.69) is 67.8 Å². The fraction of sp³-hybridized carbons (Fsp3) is 0.667. The lowest BCUT2D eigenvalue weighted by molar-refractivity contribution is -0.121. The van der Waals surface area contributed by atoms with Crippen molar-refractivity contribution in [2.24, 2.45) is 0 Å². The van der Waals surface area contributed by atoms with Crippen molar-refractivity contribution in [3.8, 4) is 0 Å². The Morgan fingerprint density at radius 2 is 1.07 bits per heavy atom. The molecular weight excluding hydrogens is 354 g/mol. The van der Waals surface area contributed by atoms with Crippen LogP contribution in [-0.4, -0.2) is 12.5 Å². The van der Waals surface area contributed by atoms with E-state index in [-0.39, 0.29) is 5.91 Å². The zero-order chi connectivity index (χ0) is 21.3. The van der Waals surface area contributed by atoms with Crippen molar-refractivity contribution >= 4 is 5.91 Å². The van der Waals surface area contributed by atoms with Gasteiger partial charge in [0.25, 0.3) is 0 Å². The Hall–Kier alpha value is -1.57. The number of carbonyl (C=O) groups excluding carboxylic acids is 1. The fourth-order valence-corrected chi connectivity index (χ4v) is 2.98. The predicted molar refractivity (Wildman–Crippen MR) is 130 cm³/mol. The molecule has 0 unspecified atom stereocenters. The minimum Gasteiger partial charge on any atom is -0.356 e. The molecule has 0 aromatic rings. The summed E-state index contributed by atoms with van der Waals surface area (Å²) in [5, 5.41) is 3.01. The molecule has 1 amide bonds. The number of hydrogen-bond donors (Lipinski definition) is 1. The molecule has 0 radical (unpaired) electrons. The molecule has 1 N–H and O–H groups in total. The van der Waals surface area contributed by atoms with Gasteiger partial charge in [0.05, 0.1) is 0 Å². The van der Waals surface area contributed by atoms with Crippen molar-refractivity contribution in [3.63, 3.8) is 0 Å². The normalized spacial score (nSPS) is 12.2. The van der Waals surface area contributed by atoms with E-state index in [4.69, 9.17) is 0 Å².